The molecule has 128 valence electrons. The Morgan fingerprint density at radius 3 is 2.83 bits per heavy atom. The highest BCUT2D eigenvalue weighted by atomic mass is 35.5. The van der Waals surface area contributed by atoms with E-state index in [-0.39, 0.29) is 22.6 Å². The second kappa shape index (κ2) is 7.51. The molecule has 2 rings (SSSR count). The molecule has 1 atom stereocenters. The lowest BCUT2D eigenvalue weighted by Crippen LogP contribution is -2.35. The number of carbonyl (C=O) groups is 1. The first-order valence-electron chi connectivity index (χ1n) is 7.55. The summed E-state index contributed by atoms with van der Waals surface area (Å²) < 4.78 is 33.5. The molecule has 1 fully saturated rings. The number of hydrogen-bond donors (Lipinski definition) is 2. The summed E-state index contributed by atoms with van der Waals surface area (Å²) in [5, 5.41) is 3.10. The minimum absolute atomic E-state index is 0.0264. The van der Waals surface area contributed by atoms with Crippen LogP contribution in [0.4, 0.5) is 0 Å². The first kappa shape index (κ1) is 18.0. The predicted molar refractivity (Wildman–Crippen MR) is 88.3 cm³/mol. The van der Waals surface area contributed by atoms with E-state index in [0.29, 0.717) is 37.4 Å². The first-order chi connectivity index (χ1) is 10.8. The number of nitrogens with one attached hydrogen (secondary N) is 2. The van der Waals surface area contributed by atoms with Crippen molar-refractivity contribution in [1.29, 1.82) is 0 Å². The monoisotopic (exact) mass is 360 g/mol. The van der Waals surface area contributed by atoms with Gasteiger partial charge in [0.05, 0.1) is 6.61 Å². The number of halogens is 1. The zero-order valence-electron chi connectivity index (χ0n) is 13.2. The van der Waals surface area contributed by atoms with Crippen LogP contribution in [0.25, 0.3) is 0 Å². The molecule has 1 aromatic rings. The van der Waals surface area contributed by atoms with E-state index in [9.17, 15) is 13.2 Å². The Bertz CT molecular complexity index is 691. The Labute approximate surface area is 141 Å². The third-order valence-electron chi connectivity index (χ3n) is 3.67. The molecule has 0 saturated carbocycles. The maximum Gasteiger partial charge on any atom is 0.244 e. The summed E-state index contributed by atoms with van der Waals surface area (Å²) in [6.07, 6.45) is 1.32. The first-order valence-corrected chi connectivity index (χ1v) is 9.41. The molecule has 1 heterocycles. The van der Waals surface area contributed by atoms with E-state index in [0.717, 1.165) is 5.56 Å². The second-order valence-electron chi connectivity index (χ2n) is 5.48. The molecule has 1 aliphatic heterocycles. The number of sulfonamides is 1. The van der Waals surface area contributed by atoms with Gasteiger partial charge in [0.15, 0.2) is 0 Å². The van der Waals surface area contributed by atoms with Gasteiger partial charge in [0.2, 0.25) is 15.9 Å². The van der Waals surface area contributed by atoms with Crippen LogP contribution in [0.2, 0.25) is 5.02 Å². The zero-order valence-corrected chi connectivity index (χ0v) is 14.8. The van der Waals surface area contributed by atoms with Crippen LogP contribution in [-0.2, 0) is 14.8 Å². The minimum atomic E-state index is -3.78. The van der Waals surface area contributed by atoms with Crippen LogP contribution in [0, 0.1) is 6.92 Å². The summed E-state index contributed by atoms with van der Waals surface area (Å²) >= 11 is 6.08. The van der Waals surface area contributed by atoms with E-state index in [4.69, 9.17) is 16.3 Å². The molecule has 0 aromatic heterocycles. The SMILES string of the molecule is CCOc1cc(C)c(Cl)cc1S(=O)(=O)NC1CCNC(=O)CC1. The van der Waals surface area contributed by atoms with Crippen LogP contribution >= 0.6 is 11.6 Å². The average molecular weight is 361 g/mol. The molecule has 6 nitrogen and oxygen atoms in total. The number of hydrogen-bond acceptors (Lipinski definition) is 4. The van der Waals surface area contributed by atoms with Crippen molar-refractivity contribution >= 4 is 27.5 Å². The molecule has 0 spiro atoms. The largest absolute Gasteiger partial charge is 0.492 e. The summed E-state index contributed by atoms with van der Waals surface area (Å²) in [6, 6.07) is 2.73. The van der Waals surface area contributed by atoms with Gasteiger partial charge in [-0.3, -0.25) is 4.79 Å². The summed E-state index contributed by atoms with van der Waals surface area (Å²) in [5.41, 5.74) is 0.748. The van der Waals surface area contributed by atoms with E-state index in [1.807, 2.05) is 0 Å². The fourth-order valence-electron chi connectivity index (χ4n) is 2.44. The van der Waals surface area contributed by atoms with Gasteiger partial charge in [0, 0.05) is 24.0 Å². The topological polar surface area (TPSA) is 84.5 Å². The lowest BCUT2D eigenvalue weighted by molar-refractivity contribution is -0.120. The van der Waals surface area contributed by atoms with Gasteiger partial charge in [-0.05, 0) is 44.4 Å². The third kappa shape index (κ3) is 4.59. The van der Waals surface area contributed by atoms with Crippen LogP contribution in [0.15, 0.2) is 17.0 Å². The Morgan fingerprint density at radius 1 is 1.39 bits per heavy atom. The molecule has 2 N–H and O–H groups in total. The molecule has 1 aliphatic rings. The van der Waals surface area contributed by atoms with Gasteiger partial charge in [-0.1, -0.05) is 11.6 Å². The average Bonchev–Trinajstić information content (AvgIpc) is 2.67. The second-order valence-corrected chi connectivity index (χ2v) is 7.57. The van der Waals surface area contributed by atoms with Crippen LogP contribution in [0.5, 0.6) is 5.75 Å². The van der Waals surface area contributed by atoms with Crippen molar-refractivity contribution in [3.63, 3.8) is 0 Å². The Morgan fingerprint density at radius 2 is 2.13 bits per heavy atom. The third-order valence-corrected chi connectivity index (χ3v) is 5.62. The Hall–Kier alpha value is -1.31. The maximum atomic E-state index is 12.7. The lowest BCUT2D eigenvalue weighted by Gasteiger charge is -2.18. The maximum absolute atomic E-state index is 12.7. The summed E-state index contributed by atoms with van der Waals surface area (Å²) in [7, 11) is -3.78. The fourth-order valence-corrected chi connectivity index (χ4v) is 4.13. The highest BCUT2D eigenvalue weighted by Gasteiger charge is 2.26. The van der Waals surface area contributed by atoms with Gasteiger partial charge in [0.25, 0.3) is 0 Å². The van der Waals surface area contributed by atoms with E-state index >= 15 is 0 Å². The van der Waals surface area contributed by atoms with Crippen LogP contribution < -0.4 is 14.8 Å². The van der Waals surface area contributed by atoms with Crippen molar-refractivity contribution in [3.05, 3.63) is 22.7 Å². The standard InChI is InChI=1S/C15H21ClN2O4S/c1-3-22-13-8-10(2)12(16)9-14(13)23(20,21)18-11-4-5-15(19)17-7-6-11/h8-9,11,18H,3-7H2,1-2H3,(H,17,19). The molecule has 1 aromatic carbocycles. The Balaban J connectivity index is 2.28. The van der Waals surface area contributed by atoms with Gasteiger partial charge < -0.3 is 10.1 Å². The molecular formula is C15H21ClN2O4S. The van der Waals surface area contributed by atoms with Gasteiger partial charge in [-0.25, -0.2) is 13.1 Å². The van der Waals surface area contributed by atoms with Crippen molar-refractivity contribution in [1.82, 2.24) is 10.0 Å². The van der Waals surface area contributed by atoms with Crippen molar-refractivity contribution in [2.24, 2.45) is 0 Å². The van der Waals surface area contributed by atoms with E-state index in [1.165, 1.54) is 6.07 Å². The highest BCUT2D eigenvalue weighted by molar-refractivity contribution is 7.89. The molecule has 1 unspecified atom stereocenters. The Kier molecular flexibility index (Phi) is 5.89. The van der Waals surface area contributed by atoms with Crippen molar-refractivity contribution in [3.8, 4) is 5.75 Å². The summed E-state index contributed by atoms with van der Waals surface area (Å²) in [4.78, 5) is 11.4. The fraction of sp³-hybridized carbons (Fsp3) is 0.533. The number of benzene rings is 1. The normalized spacial score (nSPS) is 19.1. The number of aryl methyl sites for hydroxylation is 1. The van der Waals surface area contributed by atoms with E-state index in [1.54, 1.807) is 19.9 Å². The summed E-state index contributed by atoms with van der Waals surface area (Å²) in [6.45, 7) is 4.39. The molecule has 1 amide bonds. The van der Waals surface area contributed by atoms with Gasteiger partial charge >= 0.3 is 0 Å². The zero-order chi connectivity index (χ0) is 17.0. The van der Waals surface area contributed by atoms with Gasteiger partial charge in [-0.2, -0.15) is 0 Å². The van der Waals surface area contributed by atoms with Gasteiger partial charge in [0.1, 0.15) is 10.6 Å². The van der Waals surface area contributed by atoms with Crippen LogP contribution in [0.3, 0.4) is 0 Å². The van der Waals surface area contributed by atoms with Crippen molar-refractivity contribution in [2.75, 3.05) is 13.2 Å². The van der Waals surface area contributed by atoms with Crippen molar-refractivity contribution in [2.45, 2.75) is 44.0 Å². The van der Waals surface area contributed by atoms with E-state index in [2.05, 4.69) is 10.0 Å². The summed E-state index contributed by atoms with van der Waals surface area (Å²) in [5.74, 6) is 0.227. The van der Waals surface area contributed by atoms with E-state index < -0.39 is 10.0 Å². The number of rotatable bonds is 5. The molecule has 8 heteroatoms. The number of ether oxygens (including phenoxy) is 1. The quantitative estimate of drug-likeness (QED) is 0.841. The molecule has 0 bridgehead atoms. The van der Waals surface area contributed by atoms with Crippen LogP contribution in [-0.4, -0.2) is 33.5 Å². The van der Waals surface area contributed by atoms with Crippen LogP contribution in [0.1, 0.15) is 31.7 Å². The molecule has 1 saturated heterocycles. The molecule has 23 heavy (non-hydrogen) atoms. The number of amides is 1. The molecule has 0 aliphatic carbocycles. The number of carbonyl (C=O) groups excluding carboxylic acids is 1. The smallest absolute Gasteiger partial charge is 0.244 e. The highest BCUT2D eigenvalue weighted by Crippen LogP contribution is 2.30. The van der Waals surface area contributed by atoms with Gasteiger partial charge in [-0.15, -0.1) is 0 Å². The van der Waals surface area contributed by atoms with Crippen molar-refractivity contribution < 1.29 is 17.9 Å². The lowest BCUT2D eigenvalue weighted by atomic mass is 10.1. The molecule has 0 radical (unpaired) electrons. The predicted octanol–water partition coefficient (Wildman–Crippen LogP) is 1.99. The molecular weight excluding hydrogens is 340 g/mol. The minimum Gasteiger partial charge on any atom is -0.492 e.